The molecule has 0 saturated carbocycles. The summed E-state index contributed by atoms with van der Waals surface area (Å²) in [5.41, 5.74) is 9.00. The molecular weight excluding hydrogens is 366 g/mol. The maximum Gasteiger partial charge on any atom is 0.248 e. The highest BCUT2D eigenvalue weighted by molar-refractivity contribution is 7.99. The quantitative estimate of drug-likeness (QED) is 0.401. The fourth-order valence-corrected chi connectivity index (χ4v) is 3.02. The van der Waals surface area contributed by atoms with Gasteiger partial charge in [-0.15, -0.1) is 11.8 Å². The number of hydrazine groups is 1. The second-order valence-corrected chi connectivity index (χ2v) is 7.13. The van der Waals surface area contributed by atoms with Crippen LogP contribution in [0.3, 0.4) is 0 Å². The predicted molar refractivity (Wildman–Crippen MR) is 111 cm³/mol. The molecule has 5 nitrogen and oxygen atoms in total. The zero-order chi connectivity index (χ0) is 18.9. The molecule has 2 aromatic carbocycles. The minimum atomic E-state index is -0.154. The van der Waals surface area contributed by atoms with Crippen LogP contribution in [0.5, 0.6) is 0 Å². The van der Waals surface area contributed by atoms with E-state index in [4.69, 9.17) is 12.2 Å². The highest BCUT2D eigenvalue weighted by Gasteiger charge is 2.04. The fourth-order valence-electron chi connectivity index (χ4n) is 2.06. The molecule has 7 heteroatoms. The van der Waals surface area contributed by atoms with E-state index in [0.717, 1.165) is 11.4 Å². The fraction of sp³-hybridized carbons (Fsp3) is 0.211. The topological polar surface area (TPSA) is 70.2 Å². The molecule has 0 heterocycles. The number of ketones is 1. The van der Waals surface area contributed by atoms with Crippen molar-refractivity contribution in [2.24, 2.45) is 0 Å². The lowest BCUT2D eigenvalue weighted by Crippen LogP contribution is -2.44. The van der Waals surface area contributed by atoms with Gasteiger partial charge in [0.25, 0.3) is 0 Å². The van der Waals surface area contributed by atoms with Crippen LogP contribution in [0, 0.1) is 6.92 Å². The van der Waals surface area contributed by atoms with Crippen LogP contribution < -0.4 is 16.2 Å². The third-order valence-electron chi connectivity index (χ3n) is 3.49. The lowest BCUT2D eigenvalue weighted by Gasteiger charge is -2.11. The highest BCUT2D eigenvalue weighted by atomic mass is 32.2. The second-order valence-electron chi connectivity index (χ2n) is 5.74. The summed E-state index contributed by atoms with van der Waals surface area (Å²) < 4.78 is 0. The monoisotopic (exact) mass is 387 g/mol. The van der Waals surface area contributed by atoms with Gasteiger partial charge in [0.15, 0.2) is 10.9 Å². The van der Waals surface area contributed by atoms with Gasteiger partial charge in [-0.25, -0.2) is 0 Å². The maximum atomic E-state index is 11.8. The van der Waals surface area contributed by atoms with Gasteiger partial charge in [0, 0.05) is 17.0 Å². The summed E-state index contributed by atoms with van der Waals surface area (Å²) in [6.45, 7) is 3.56. The molecule has 0 radical (unpaired) electrons. The molecule has 0 unspecified atom stereocenters. The van der Waals surface area contributed by atoms with Crippen molar-refractivity contribution >= 4 is 46.5 Å². The zero-order valence-corrected chi connectivity index (χ0v) is 16.3. The normalized spacial score (nSPS) is 10.1. The third kappa shape index (κ3) is 6.85. The van der Waals surface area contributed by atoms with Crippen molar-refractivity contribution in [1.82, 2.24) is 10.9 Å². The van der Waals surface area contributed by atoms with Crippen molar-refractivity contribution < 1.29 is 9.59 Å². The number of carbonyl (C=O) groups is 2. The molecule has 0 aliphatic carbocycles. The van der Waals surface area contributed by atoms with Crippen LogP contribution >= 0.6 is 24.0 Å². The molecule has 3 N–H and O–H groups in total. The minimum Gasteiger partial charge on any atom is -0.331 e. The minimum absolute atomic E-state index is 0.00709. The first-order chi connectivity index (χ1) is 12.4. The van der Waals surface area contributed by atoms with Crippen molar-refractivity contribution in [3.63, 3.8) is 0 Å². The van der Waals surface area contributed by atoms with Gasteiger partial charge >= 0.3 is 0 Å². The second kappa shape index (κ2) is 9.94. The summed E-state index contributed by atoms with van der Waals surface area (Å²) in [6, 6.07) is 15.2. The van der Waals surface area contributed by atoms with Gasteiger partial charge in [0.1, 0.15) is 0 Å². The van der Waals surface area contributed by atoms with Gasteiger partial charge < -0.3 is 5.32 Å². The molecular formula is C19H21N3O2S2. The molecule has 136 valence electrons. The molecule has 2 rings (SSSR count). The SMILES string of the molecule is CC(=O)c1ccc(NC(=S)NNC(=O)CSCc2ccc(C)cc2)cc1. The Morgan fingerprint density at radius 3 is 2.27 bits per heavy atom. The van der Waals surface area contributed by atoms with Crippen LogP contribution in [0.15, 0.2) is 48.5 Å². The van der Waals surface area contributed by atoms with Gasteiger partial charge in [-0.05, 0) is 55.9 Å². The van der Waals surface area contributed by atoms with E-state index in [1.165, 1.54) is 29.8 Å². The largest absolute Gasteiger partial charge is 0.331 e. The Bertz CT molecular complexity index is 774. The van der Waals surface area contributed by atoms with E-state index < -0.39 is 0 Å². The number of benzene rings is 2. The molecule has 0 fully saturated rings. The molecule has 0 aromatic heterocycles. The van der Waals surface area contributed by atoms with Crippen LogP contribution in [0.1, 0.15) is 28.4 Å². The number of carbonyl (C=O) groups excluding carboxylic acids is 2. The number of Topliss-reactive ketones (excluding diaryl/α,β-unsaturated/α-hetero) is 1. The summed E-state index contributed by atoms with van der Waals surface area (Å²) >= 11 is 6.66. The Kier molecular flexibility index (Phi) is 7.62. The lowest BCUT2D eigenvalue weighted by atomic mass is 10.1. The Morgan fingerprint density at radius 1 is 1.00 bits per heavy atom. The number of nitrogens with one attached hydrogen (secondary N) is 3. The Morgan fingerprint density at radius 2 is 1.65 bits per heavy atom. The molecule has 0 bridgehead atoms. The summed E-state index contributed by atoms with van der Waals surface area (Å²) in [4.78, 5) is 23.1. The molecule has 0 atom stereocenters. The summed E-state index contributed by atoms with van der Waals surface area (Å²) in [5.74, 6) is 0.959. The number of hydrogen-bond donors (Lipinski definition) is 3. The van der Waals surface area contributed by atoms with Crippen molar-refractivity contribution in [2.45, 2.75) is 19.6 Å². The molecule has 1 amide bonds. The van der Waals surface area contributed by atoms with E-state index in [2.05, 4.69) is 40.4 Å². The third-order valence-corrected chi connectivity index (χ3v) is 4.70. The molecule has 0 aliphatic rings. The molecule has 26 heavy (non-hydrogen) atoms. The number of hydrogen-bond acceptors (Lipinski definition) is 4. The summed E-state index contributed by atoms with van der Waals surface area (Å²) in [5, 5.41) is 3.21. The standard InChI is InChI=1S/C19H21N3O2S2/c1-13-3-5-15(6-4-13)11-26-12-18(24)21-22-19(25)20-17-9-7-16(8-10-17)14(2)23/h3-10H,11-12H2,1-2H3,(H,21,24)(H2,20,22,25). The summed E-state index contributed by atoms with van der Waals surface area (Å²) in [6.07, 6.45) is 0. The average Bonchev–Trinajstić information content (AvgIpc) is 2.62. The number of aryl methyl sites for hydroxylation is 1. The van der Waals surface area contributed by atoms with Gasteiger partial charge in [0.05, 0.1) is 5.75 Å². The van der Waals surface area contributed by atoms with E-state index in [9.17, 15) is 9.59 Å². The maximum absolute atomic E-state index is 11.8. The number of thioether (sulfide) groups is 1. The number of thiocarbonyl (C=S) groups is 1. The zero-order valence-electron chi connectivity index (χ0n) is 14.7. The van der Waals surface area contributed by atoms with Crippen molar-refractivity contribution in [2.75, 3.05) is 11.1 Å². The van der Waals surface area contributed by atoms with E-state index in [1.54, 1.807) is 24.3 Å². The molecule has 0 saturated heterocycles. The molecule has 0 spiro atoms. The first-order valence-corrected chi connectivity index (χ1v) is 9.60. The first kappa shape index (κ1) is 19.9. The first-order valence-electron chi connectivity index (χ1n) is 8.04. The van der Waals surface area contributed by atoms with Crippen LogP contribution in [0.2, 0.25) is 0 Å². The van der Waals surface area contributed by atoms with E-state index in [-0.39, 0.29) is 16.8 Å². The van der Waals surface area contributed by atoms with Gasteiger partial charge in [-0.1, -0.05) is 29.8 Å². The lowest BCUT2D eigenvalue weighted by molar-refractivity contribution is -0.119. The van der Waals surface area contributed by atoms with Crippen LogP contribution in [-0.2, 0) is 10.5 Å². The number of anilines is 1. The van der Waals surface area contributed by atoms with Crippen LogP contribution in [0.4, 0.5) is 5.69 Å². The summed E-state index contributed by atoms with van der Waals surface area (Å²) in [7, 11) is 0. The van der Waals surface area contributed by atoms with Gasteiger partial charge in [-0.3, -0.25) is 20.4 Å². The van der Waals surface area contributed by atoms with Crippen molar-refractivity contribution in [1.29, 1.82) is 0 Å². The average molecular weight is 388 g/mol. The molecule has 2 aromatic rings. The van der Waals surface area contributed by atoms with Crippen molar-refractivity contribution in [3.8, 4) is 0 Å². The van der Waals surface area contributed by atoms with Crippen LogP contribution in [-0.4, -0.2) is 22.6 Å². The van der Waals surface area contributed by atoms with Gasteiger partial charge in [-0.2, -0.15) is 0 Å². The molecule has 0 aliphatic heterocycles. The smallest absolute Gasteiger partial charge is 0.248 e. The Balaban J connectivity index is 1.67. The number of rotatable bonds is 6. The van der Waals surface area contributed by atoms with E-state index in [1.807, 2.05) is 6.92 Å². The van der Waals surface area contributed by atoms with E-state index in [0.29, 0.717) is 11.3 Å². The predicted octanol–water partition coefficient (Wildman–Crippen LogP) is 3.45. The van der Waals surface area contributed by atoms with E-state index >= 15 is 0 Å². The highest BCUT2D eigenvalue weighted by Crippen LogP contribution is 2.12. The Labute approximate surface area is 162 Å². The van der Waals surface area contributed by atoms with Crippen LogP contribution in [0.25, 0.3) is 0 Å². The van der Waals surface area contributed by atoms with Crippen molar-refractivity contribution in [3.05, 3.63) is 65.2 Å². The Hall–Kier alpha value is -2.38. The number of amides is 1. The van der Waals surface area contributed by atoms with Gasteiger partial charge in [0.2, 0.25) is 5.91 Å².